The van der Waals surface area contributed by atoms with E-state index in [1.165, 1.54) is 116 Å². The van der Waals surface area contributed by atoms with Gasteiger partial charge in [0.2, 0.25) is 0 Å². The van der Waals surface area contributed by atoms with Gasteiger partial charge in [-0.2, -0.15) is 0 Å². The van der Waals surface area contributed by atoms with E-state index < -0.39 is 51.1 Å². The third kappa shape index (κ3) is 43.9. The van der Waals surface area contributed by atoms with Gasteiger partial charge in [-0.15, -0.1) is 0 Å². The summed E-state index contributed by atoms with van der Waals surface area (Å²) in [4.78, 5) is 46.1. The van der Waals surface area contributed by atoms with E-state index in [4.69, 9.17) is 24.8 Å². The summed E-state index contributed by atoms with van der Waals surface area (Å²) in [6, 6.07) is -1.53. The molecule has 0 aliphatic heterocycles. The number of carbonyl (C=O) groups excluding carboxylic acids is 2. The van der Waals surface area contributed by atoms with Gasteiger partial charge in [0.15, 0.2) is 6.10 Å². The Morgan fingerprint density at radius 3 is 1.33 bits per heavy atom. The predicted molar refractivity (Wildman–Crippen MR) is 249 cm³/mol. The molecule has 354 valence electrons. The van der Waals surface area contributed by atoms with Gasteiger partial charge >= 0.3 is 25.7 Å². The minimum absolute atomic E-state index is 0.124. The van der Waals surface area contributed by atoms with E-state index in [-0.39, 0.29) is 19.4 Å². The van der Waals surface area contributed by atoms with Crippen molar-refractivity contribution in [2.45, 2.75) is 225 Å². The molecule has 0 heterocycles. The molecule has 0 rings (SSSR count). The fourth-order valence-corrected chi connectivity index (χ4v) is 7.30. The van der Waals surface area contributed by atoms with Crippen LogP contribution in [-0.2, 0) is 37.5 Å². The van der Waals surface area contributed by atoms with Crippen LogP contribution in [0.15, 0.2) is 48.6 Å². The zero-order valence-corrected chi connectivity index (χ0v) is 39.4. The number of carboxylic acids is 1. The van der Waals surface area contributed by atoms with Gasteiger partial charge in [-0.05, 0) is 57.8 Å². The molecule has 0 aliphatic carbocycles. The van der Waals surface area contributed by atoms with Crippen LogP contribution in [0.25, 0.3) is 0 Å². The summed E-state index contributed by atoms with van der Waals surface area (Å²) >= 11 is 0. The van der Waals surface area contributed by atoms with Crippen LogP contribution in [0.3, 0.4) is 0 Å². The highest BCUT2D eigenvalue weighted by Crippen LogP contribution is 2.43. The second-order valence-corrected chi connectivity index (χ2v) is 17.7. The van der Waals surface area contributed by atoms with Crippen molar-refractivity contribution >= 4 is 25.7 Å². The molecule has 0 aliphatic rings. The number of phosphoric acid groups is 1. The first kappa shape index (κ1) is 58.4. The highest BCUT2D eigenvalue weighted by atomic mass is 31.2. The third-order valence-corrected chi connectivity index (χ3v) is 11.3. The minimum Gasteiger partial charge on any atom is -0.480 e. The summed E-state index contributed by atoms with van der Waals surface area (Å²) in [5, 5.41) is 8.91. The molecular formula is C49H88NO10P. The number of unbranched alkanes of at least 4 members (excludes halogenated alkanes) is 23. The van der Waals surface area contributed by atoms with Crippen molar-refractivity contribution < 1.29 is 47.5 Å². The van der Waals surface area contributed by atoms with Crippen molar-refractivity contribution in [3.8, 4) is 0 Å². The number of phosphoric ester groups is 1. The number of esters is 2. The van der Waals surface area contributed by atoms with Crippen molar-refractivity contribution in [3.63, 3.8) is 0 Å². The van der Waals surface area contributed by atoms with Gasteiger partial charge in [0, 0.05) is 12.8 Å². The SMILES string of the molecule is CCCCC/C=C\C/C=C\C/C=C\C/C=C\CCCCCC(=O)O[C@H](COC(=O)CCCCCCCCCCCCCCCCCCCC)COP(=O)(O)OC[C@H](N)C(=O)O. The van der Waals surface area contributed by atoms with Crippen LogP contribution >= 0.6 is 7.82 Å². The number of nitrogens with two attached hydrogens (primary N) is 1. The van der Waals surface area contributed by atoms with E-state index in [0.717, 1.165) is 57.8 Å². The molecule has 0 saturated carbocycles. The number of aliphatic carboxylic acids is 1. The molecule has 3 atom stereocenters. The van der Waals surface area contributed by atoms with Crippen LogP contribution in [0, 0.1) is 0 Å². The molecule has 4 N–H and O–H groups in total. The maximum absolute atomic E-state index is 12.7. The average molecular weight is 882 g/mol. The van der Waals surface area contributed by atoms with Gasteiger partial charge in [0.25, 0.3) is 0 Å². The van der Waals surface area contributed by atoms with E-state index in [1.54, 1.807) is 0 Å². The number of carbonyl (C=O) groups is 3. The molecule has 0 aromatic heterocycles. The Bertz CT molecular complexity index is 1220. The molecule has 0 fully saturated rings. The summed E-state index contributed by atoms with van der Waals surface area (Å²) in [6.07, 6.45) is 50.3. The standard InChI is InChI=1S/C49H88NO10P/c1-3-5-7-9-11-13-15-17-19-21-23-25-27-29-31-33-35-37-39-41-48(52)60-45(43-58-61(55,56)59-44-46(50)49(53)54)42-57-47(51)40-38-36-34-32-30-28-26-24-22-20-18-16-14-12-10-8-6-4-2/h11,13,17,19,23,25,29,31,45-46H,3-10,12,14-16,18,20-22,24,26-28,30,32-44,50H2,1-2H3,(H,53,54)(H,55,56)/b13-11-,19-17-,25-23-,31-29-/t45-,46+/m1/s1. The zero-order chi connectivity index (χ0) is 44.9. The summed E-state index contributed by atoms with van der Waals surface area (Å²) in [7, 11) is -4.73. The summed E-state index contributed by atoms with van der Waals surface area (Å²) in [5.74, 6) is -2.41. The Morgan fingerprint density at radius 1 is 0.508 bits per heavy atom. The Hall–Kier alpha value is -2.56. The maximum Gasteiger partial charge on any atom is 0.472 e. The Labute approximate surface area is 371 Å². The van der Waals surface area contributed by atoms with Crippen LogP contribution in [-0.4, -0.2) is 59.9 Å². The minimum atomic E-state index is -4.73. The molecule has 61 heavy (non-hydrogen) atoms. The van der Waals surface area contributed by atoms with E-state index in [9.17, 15) is 23.8 Å². The molecule has 11 nitrogen and oxygen atoms in total. The van der Waals surface area contributed by atoms with Crippen LogP contribution in [0.1, 0.15) is 213 Å². The van der Waals surface area contributed by atoms with Gasteiger partial charge in [0.05, 0.1) is 13.2 Å². The van der Waals surface area contributed by atoms with Crippen molar-refractivity contribution in [3.05, 3.63) is 48.6 Å². The van der Waals surface area contributed by atoms with E-state index >= 15 is 0 Å². The number of ether oxygens (including phenoxy) is 2. The maximum atomic E-state index is 12.7. The first-order chi connectivity index (χ1) is 29.6. The van der Waals surface area contributed by atoms with E-state index in [1.807, 2.05) is 0 Å². The lowest BCUT2D eigenvalue weighted by atomic mass is 10.0. The lowest BCUT2D eigenvalue weighted by molar-refractivity contribution is -0.161. The van der Waals surface area contributed by atoms with Crippen molar-refractivity contribution in [2.75, 3.05) is 19.8 Å². The predicted octanol–water partition coefficient (Wildman–Crippen LogP) is 13.3. The Balaban J connectivity index is 4.35. The quantitative estimate of drug-likeness (QED) is 0.0230. The second kappa shape index (κ2) is 44.1. The van der Waals surface area contributed by atoms with Crippen molar-refractivity contribution in [2.24, 2.45) is 5.73 Å². The Kier molecular flexibility index (Phi) is 42.2. The van der Waals surface area contributed by atoms with Gasteiger partial charge in [-0.1, -0.05) is 191 Å². The molecule has 0 amide bonds. The summed E-state index contributed by atoms with van der Waals surface area (Å²) in [5.41, 5.74) is 5.34. The molecular weight excluding hydrogens is 794 g/mol. The molecule has 0 aromatic rings. The summed E-state index contributed by atoms with van der Waals surface area (Å²) in [6.45, 7) is 2.77. The van der Waals surface area contributed by atoms with Gasteiger partial charge in [-0.25, -0.2) is 4.57 Å². The number of hydrogen-bond donors (Lipinski definition) is 3. The van der Waals surface area contributed by atoms with Crippen LogP contribution < -0.4 is 5.73 Å². The largest absolute Gasteiger partial charge is 0.480 e. The van der Waals surface area contributed by atoms with E-state index in [0.29, 0.717) is 12.8 Å². The molecule has 0 radical (unpaired) electrons. The molecule has 0 spiro atoms. The highest BCUT2D eigenvalue weighted by molar-refractivity contribution is 7.47. The zero-order valence-electron chi connectivity index (χ0n) is 38.5. The number of rotatable bonds is 45. The van der Waals surface area contributed by atoms with Crippen LogP contribution in [0.4, 0.5) is 0 Å². The van der Waals surface area contributed by atoms with Gasteiger partial charge in [-0.3, -0.25) is 23.4 Å². The molecule has 1 unspecified atom stereocenters. The number of hydrogen-bond acceptors (Lipinski definition) is 9. The Morgan fingerprint density at radius 2 is 0.869 bits per heavy atom. The molecule has 12 heteroatoms. The lowest BCUT2D eigenvalue weighted by Crippen LogP contribution is -2.34. The van der Waals surface area contributed by atoms with Crippen molar-refractivity contribution in [1.29, 1.82) is 0 Å². The lowest BCUT2D eigenvalue weighted by Gasteiger charge is -2.20. The van der Waals surface area contributed by atoms with Crippen molar-refractivity contribution in [1.82, 2.24) is 0 Å². The van der Waals surface area contributed by atoms with Crippen LogP contribution in [0.2, 0.25) is 0 Å². The average Bonchev–Trinajstić information content (AvgIpc) is 3.24. The molecule has 0 saturated heterocycles. The number of carboxylic acid groups (broad SMARTS) is 1. The first-order valence-corrected chi connectivity index (χ1v) is 25.7. The van der Waals surface area contributed by atoms with E-state index in [2.05, 4.69) is 67.0 Å². The first-order valence-electron chi connectivity index (χ1n) is 24.2. The third-order valence-electron chi connectivity index (χ3n) is 10.3. The second-order valence-electron chi connectivity index (χ2n) is 16.2. The fourth-order valence-electron chi connectivity index (χ4n) is 6.52. The number of allylic oxidation sites excluding steroid dienone is 8. The monoisotopic (exact) mass is 882 g/mol. The summed E-state index contributed by atoms with van der Waals surface area (Å²) < 4.78 is 32.8. The molecule has 0 aromatic carbocycles. The normalized spacial score (nSPS) is 14.0. The topological polar surface area (TPSA) is 172 Å². The van der Waals surface area contributed by atoms with Crippen LogP contribution in [0.5, 0.6) is 0 Å². The highest BCUT2D eigenvalue weighted by Gasteiger charge is 2.28. The van der Waals surface area contributed by atoms with Gasteiger partial charge in [0.1, 0.15) is 12.6 Å². The fraction of sp³-hybridized carbons (Fsp3) is 0.776. The van der Waals surface area contributed by atoms with Gasteiger partial charge < -0.3 is 25.2 Å². The molecule has 0 bridgehead atoms. The smallest absolute Gasteiger partial charge is 0.472 e.